The van der Waals surface area contributed by atoms with E-state index in [1.807, 2.05) is 61.5 Å². The zero-order valence-electron chi connectivity index (χ0n) is 16.6. The molecule has 2 aliphatic rings. The number of amides is 1. The molecule has 1 amide bonds. The highest BCUT2D eigenvalue weighted by Gasteiger charge is 2.51. The van der Waals surface area contributed by atoms with Gasteiger partial charge in [-0.3, -0.25) is 4.79 Å². The first kappa shape index (κ1) is 17.6. The Morgan fingerprint density at radius 1 is 0.828 bits per heavy atom. The highest BCUT2D eigenvalue weighted by molar-refractivity contribution is 6.14. The van der Waals surface area contributed by atoms with Crippen LogP contribution < -0.4 is 14.8 Å². The maximum atomic E-state index is 13.4. The average molecular weight is 383 g/mol. The molecule has 0 fully saturated rings. The lowest BCUT2D eigenvalue weighted by Gasteiger charge is -2.22. The molecule has 0 radical (unpaired) electrons. The molecule has 5 rings (SSSR count). The molecule has 1 heterocycles. The summed E-state index contributed by atoms with van der Waals surface area (Å²) in [4.78, 5) is 13.4. The van der Waals surface area contributed by atoms with E-state index in [-0.39, 0.29) is 5.91 Å². The molecule has 144 valence electrons. The minimum atomic E-state index is -0.861. The summed E-state index contributed by atoms with van der Waals surface area (Å²) in [6.07, 6.45) is 2.10. The number of hydrogen-bond donors (Lipinski definition) is 1. The summed E-state index contributed by atoms with van der Waals surface area (Å²) < 4.78 is 10.8. The third kappa shape index (κ3) is 2.42. The summed E-state index contributed by atoms with van der Waals surface area (Å²) in [6.45, 7) is 2.05. The Morgan fingerprint density at radius 3 is 2.28 bits per heavy atom. The molecule has 1 atom stereocenters. The lowest BCUT2D eigenvalue weighted by molar-refractivity contribution is -0.118. The van der Waals surface area contributed by atoms with Crippen molar-refractivity contribution in [2.75, 3.05) is 19.5 Å². The fourth-order valence-corrected chi connectivity index (χ4v) is 4.44. The van der Waals surface area contributed by atoms with Gasteiger partial charge in [-0.25, -0.2) is 0 Å². The Labute approximate surface area is 169 Å². The van der Waals surface area contributed by atoms with E-state index in [1.165, 1.54) is 0 Å². The van der Waals surface area contributed by atoms with Crippen molar-refractivity contribution in [1.82, 2.24) is 0 Å². The van der Waals surface area contributed by atoms with Gasteiger partial charge in [-0.05, 0) is 65.1 Å². The van der Waals surface area contributed by atoms with Gasteiger partial charge in [0.25, 0.3) is 0 Å². The van der Waals surface area contributed by atoms with Crippen LogP contribution in [0.5, 0.6) is 11.5 Å². The molecule has 0 saturated carbocycles. The molecule has 1 aliphatic carbocycles. The van der Waals surface area contributed by atoms with Gasteiger partial charge >= 0.3 is 0 Å². The first-order valence-electron chi connectivity index (χ1n) is 9.55. The largest absolute Gasteiger partial charge is 0.497 e. The van der Waals surface area contributed by atoms with E-state index in [9.17, 15) is 4.79 Å². The summed E-state index contributed by atoms with van der Waals surface area (Å²) in [6, 6.07) is 20.0. The molecule has 0 saturated heterocycles. The molecule has 29 heavy (non-hydrogen) atoms. The number of aryl methyl sites for hydroxylation is 1. The van der Waals surface area contributed by atoms with Gasteiger partial charge < -0.3 is 14.8 Å². The zero-order chi connectivity index (χ0) is 20.2. The summed E-state index contributed by atoms with van der Waals surface area (Å²) in [5.74, 6) is 1.51. The molecule has 4 nitrogen and oxygen atoms in total. The van der Waals surface area contributed by atoms with Crippen LogP contribution in [-0.4, -0.2) is 20.1 Å². The molecule has 1 aliphatic heterocycles. The van der Waals surface area contributed by atoms with Crippen LogP contribution in [0.4, 0.5) is 5.69 Å². The summed E-state index contributed by atoms with van der Waals surface area (Å²) in [7, 11) is 3.30. The maximum Gasteiger partial charge on any atom is 0.243 e. The highest BCUT2D eigenvalue weighted by Crippen LogP contribution is 2.53. The quantitative estimate of drug-likeness (QED) is 0.713. The topological polar surface area (TPSA) is 47.6 Å². The number of carbonyl (C=O) groups is 1. The average Bonchev–Trinajstić information content (AvgIpc) is 3.24. The van der Waals surface area contributed by atoms with Crippen molar-refractivity contribution in [3.8, 4) is 11.5 Å². The van der Waals surface area contributed by atoms with Crippen LogP contribution >= 0.6 is 0 Å². The minimum Gasteiger partial charge on any atom is -0.497 e. The summed E-state index contributed by atoms with van der Waals surface area (Å²) in [5.41, 5.74) is 6.18. The molecular weight excluding hydrogens is 362 g/mol. The molecule has 3 aromatic carbocycles. The third-order valence-corrected chi connectivity index (χ3v) is 5.91. The van der Waals surface area contributed by atoms with E-state index in [2.05, 4.69) is 17.5 Å². The first-order valence-corrected chi connectivity index (χ1v) is 9.55. The number of rotatable bonds is 3. The normalized spacial score (nSPS) is 18.9. The first-order chi connectivity index (χ1) is 14.1. The van der Waals surface area contributed by atoms with E-state index in [4.69, 9.17) is 9.47 Å². The molecule has 1 unspecified atom stereocenters. The minimum absolute atomic E-state index is 0.0314. The molecular formula is C25H21NO3. The molecule has 3 aromatic rings. The number of fused-ring (bicyclic) bond motifs is 4. The third-order valence-electron chi connectivity index (χ3n) is 5.91. The fraction of sp³-hybridized carbons (Fsp3) is 0.160. The van der Waals surface area contributed by atoms with Crippen molar-refractivity contribution in [2.24, 2.45) is 0 Å². The van der Waals surface area contributed by atoms with Gasteiger partial charge in [-0.15, -0.1) is 0 Å². The molecule has 0 bridgehead atoms. The van der Waals surface area contributed by atoms with Gasteiger partial charge in [0, 0.05) is 5.69 Å². The van der Waals surface area contributed by atoms with Gasteiger partial charge in [-0.2, -0.15) is 0 Å². The lowest BCUT2D eigenvalue weighted by Crippen LogP contribution is -2.32. The van der Waals surface area contributed by atoms with Crippen LogP contribution in [-0.2, 0) is 10.2 Å². The van der Waals surface area contributed by atoms with Crippen molar-refractivity contribution in [3.63, 3.8) is 0 Å². The number of anilines is 1. The lowest BCUT2D eigenvalue weighted by atomic mass is 9.77. The number of carbonyl (C=O) groups excluding carboxylic acids is 1. The second-order valence-electron chi connectivity index (χ2n) is 7.51. The number of hydrogen-bond acceptors (Lipinski definition) is 3. The van der Waals surface area contributed by atoms with Crippen molar-refractivity contribution in [3.05, 3.63) is 94.6 Å². The molecule has 1 N–H and O–H groups in total. The number of ether oxygens (including phenoxy) is 2. The standard InChI is InChI=1S/C25H21NO3/c1-15-4-11-23-22(12-15)25(24(27)26-23)14-20(16-5-7-17(28-2)8-6-16)19-10-9-18(29-3)13-21(19)25/h4-14H,1-3H3,(H,26,27). The Morgan fingerprint density at radius 2 is 1.55 bits per heavy atom. The summed E-state index contributed by atoms with van der Waals surface area (Å²) in [5, 5.41) is 3.08. The van der Waals surface area contributed by atoms with Crippen LogP contribution in [0.3, 0.4) is 0 Å². The Bertz CT molecular complexity index is 1180. The van der Waals surface area contributed by atoms with Gasteiger partial charge in [-0.1, -0.05) is 42.0 Å². The van der Waals surface area contributed by atoms with Crippen LogP contribution in [0.2, 0.25) is 0 Å². The predicted octanol–water partition coefficient (Wildman–Crippen LogP) is 4.70. The van der Waals surface area contributed by atoms with Gasteiger partial charge in [0.15, 0.2) is 0 Å². The van der Waals surface area contributed by atoms with Crippen LogP contribution in [0.1, 0.15) is 27.8 Å². The number of nitrogens with one attached hydrogen (secondary N) is 1. The second-order valence-corrected chi connectivity index (χ2v) is 7.51. The van der Waals surface area contributed by atoms with Crippen LogP contribution in [0.25, 0.3) is 5.57 Å². The zero-order valence-corrected chi connectivity index (χ0v) is 16.6. The van der Waals surface area contributed by atoms with Crippen LogP contribution in [0, 0.1) is 6.92 Å². The smallest absolute Gasteiger partial charge is 0.243 e. The second kappa shape index (κ2) is 6.24. The van der Waals surface area contributed by atoms with E-state index in [1.54, 1.807) is 14.2 Å². The SMILES string of the molecule is COc1ccc(C2=CC3(C(=O)Nc4ccc(C)cc43)c3cc(OC)ccc32)cc1. The van der Waals surface area contributed by atoms with Gasteiger partial charge in [0.05, 0.1) is 14.2 Å². The van der Waals surface area contributed by atoms with E-state index >= 15 is 0 Å². The van der Waals surface area contributed by atoms with E-state index in [0.29, 0.717) is 0 Å². The number of benzene rings is 3. The molecule has 1 spiro atoms. The Kier molecular flexibility index (Phi) is 3.78. The van der Waals surface area contributed by atoms with E-state index in [0.717, 1.165) is 50.6 Å². The number of methoxy groups -OCH3 is 2. The predicted molar refractivity (Wildman–Crippen MR) is 114 cm³/mol. The Hall–Kier alpha value is -3.53. The Balaban J connectivity index is 1.79. The van der Waals surface area contributed by atoms with Crippen molar-refractivity contribution in [1.29, 1.82) is 0 Å². The fourth-order valence-electron chi connectivity index (χ4n) is 4.44. The maximum absolute atomic E-state index is 13.4. The van der Waals surface area contributed by atoms with Gasteiger partial charge in [0.1, 0.15) is 16.9 Å². The van der Waals surface area contributed by atoms with Crippen molar-refractivity contribution >= 4 is 17.2 Å². The van der Waals surface area contributed by atoms with Gasteiger partial charge in [0.2, 0.25) is 5.91 Å². The van der Waals surface area contributed by atoms with Crippen LogP contribution in [0.15, 0.2) is 66.7 Å². The van der Waals surface area contributed by atoms with E-state index < -0.39 is 5.41 Å². The summed E-state index contributed by atoms with van der Waals surface area (Å²) >= 11 is 0. The molecule has 0 aromatic heterocycles. The molecule has 4 heteroatoms. The monoisotopic (exact) mass is 383 g/mol. The van der Waals surface area contributed by atoms with Crippen molar-refractivity contribution < 1.29 is 14.3 Å². The van der Waals surface area contributed by atoms with Crippen molar-refractivity contribution in [2.45, 2.75) is 12.3 Å². The highest BCUT2D eigenvalue weighted by atomic mass is 16.5.